The summed E-state index contributed by atoms with van der Waals surface area (Å²) < 4.78 is 4.80. The van der Waals surface area contributed by atoms with E-state index in [-0.39, 0.29) is 12.5 Å². The van der Waals surface area contributed by atoms with Gasteiger partial charge in [-0.1, -0.05) is 13.8 Å². The zero-order valence-corrected chi connectivity index (χ0v) is 9.30. The first-order valence-electron chi connectivity index (χ1n) is 5.05. The molecule has 0 unspecified atom stereocenters. The van der Waals surface area contributed by atoms with Crippen LogP contribution in [0.15, 0.2) is 0 Å². The first-order valence-corrected chi connectivity index (χ1v) is 5.05. The van der Waals surface area contributed by atoms with Crippen LogP contribution < -0.4 is 5.32 Å². The van der Waals surface area contributed by atoms with Crippen molar-refractivity contribution in [2.24, 2.45) is 0 Å². The van der Waals surface area contributed by atoms with Crippen LogP contribution in [0.4, 0.5) is 0 Å². The number of rotatable bonds is 7. The molecule has 14 heavy (non-hydrogen) atoms. The van der Waals surface area contributed by atoms with E-state index in [1.807, 2.05) is 13.8 Å². The third kappa shape index (κ3) is 4.07. The van der Waals surface area contributed by atoms with Crippen LogP contribution in [-0.4, -0.2) is 36.9 Å². The number of hydrogen-bond donors (Lipinski definition) is 2. The Balaban J connectivity index is 4.08. The quantitative estimate of drug-likeness (QED) is 0.640. The van der Waals surface area contributed by atoms with E-state index in [2.05, 4.69) is 5.32 Å². The molecule has 0 aliphatic heterocycles. The fourth-order valence-corrected chi connectivity index (χ4v) is 1.24. The minimum absolute atomic E-state index is 0.0152. The maximum atomic E-state index is 11.4. The molecule has 0 aromatic rings. The highest BCUT2D eigenvalue weighted by Crippen LogP contribution is 2.13. The number of carbonyl (C=O) groups excluding carboxylic acids is 1. The zero-order valence-electron chi connectivity index (χ0n) is 9.30. The van der Waals surface area contributed by atoms with Gasteiger partial charge in [-0.25, -0.2) is 0 Å². The van der Waals surface area contributed by atoms with E-state index < -0.39 is 5.54 Å². The fourth-order valence-electron chi connectivity index (χ4n) is 1.24. The standard InChI is InChI=1S/C10H21NO3/c1-4-10(5-2,8-12)11-9(13)6-7-14-3/h12H,4-8H2,1-3H3,(H,11,13). The van der Waals surface area contributed by atoms with Gasteiger partial charge in [-0.3, -0.25) is 4.79 Å². The van der Waals surface area contributed by atoms with Gasteiger partial charge >= 0.3 is 0 Å². The van der Waals surface area contributed by atoms with Crippen LogP contribution in [0.1, 0.15) is 33.1 Å². The summed E-state index contributed by atoms with van der Waals surface area (Å²) in [5.74, 6) is -0.0652. The number of methoxy groups -OCH3 is 1. The highest BCUT2D eigenvalue weighted by atomic mass is 16.5. The summed E-state index contributed by atoms with van der Waals surface area (Å²) in [6, 6.07) is 0. The van der Waals surface area contributed by atoms with Crippen molar-refractivity contribution in [1.29, 1.82) is 0 Å². The summed E-state index contributed by atoms with van der Waals surface area (Å²) in [6.07, 6.45) is 1.82. The van der Waals surface area contributed by atoms with Gasteiger partial charge in [0.2, 0.25) is 5.91 Å². The minimum atomic E-state index is -0.454. The molecule has 0 aliphatic rings. The van der Waals surface area contributed by atoms with Gasteiger partial charge in [0.15, 0.2) is 0 Å². The van der Waals surface area contributed by atoms with Crippen LogP contribution in [0.3, 0.4) is 0 Å². The molecule has 0 saturated carbocycles. The van der Waals surface area contributed by atoms with E-state index >= 15 is 0 Å². The second-order valence-electron chi connectivity index (χ2n) is 3.44. The maximum absolute atomic E-state index is 11.4. The molecular formula is C10H21NO3. The largest absolute Gasteiger partial charge is 0.394 e. The van der Waals surface area contributed by atoms with Crippen molar-refractivity contribution >= 4 is 5.91 Å². The lowest BCUT2D eigenvalue weighted by Gasteiger charge is -2.30. The Morgan fingerprint density at radius 2 is 2.00 bits per heavy atom. The van der Waals surface area contributed by atoms with Crippen LogP contribution in [0.2, 0.25) is 0 Å². The molecule has 2 N–H and O–H groups in total. The number of ether oxygens (including phenoxy) is 1. The molecule has 1 amide bonds. The predicted octanol–water partition coefficient (Wildman–Crippen LogP) is 0.690. The van der Waals surface area contributed by atoms with Gasteiger partial charge in [-0.2, -0.15) is 0 Å². The number of hydrogen-bond acceptors (Lipinski definition) is 3. The molecule has 0 bridgehead atoms. The Morgan fingerprint density at radius 1 is 1.43 bits per heavy atom. The molecular weight excluding hydrogens is 182 g/mol. The molecule has 0 rings (SSSR count). The predicted molar refractivity (Wildman–Crippen MR) is 55.0 cm³/mol. The topological polar surface area (TPSA) is 58.6 Å². The highest BCUT2D eigenvalue weighted by molar-refractivity contribution is 5.76. The number of amides is 1. The van der Waals surface area contributed by atoms with Crippen molar-refractivity contribution in [3.63, 3.8) is 0 Å². The summed E-state index contributed by atoms with van der Waals surface area (Å²) in [7, 11) is 1.56. The maximum Gasteiger partial charge on any atom is 0.222 e. The number of nitrogens with one attached hydrogen (secondary N) is 1. The molecule has 0 fully saturated rings. The summed E-state index contributed by atoms with van der Waals surface area (Å²) in [6.45, 7) is 4.31. The van der Waals surface area contributed by atoms with E-state index in [0.717, 1.165) is 12.8 Å². The van der Waals surface area contributed by atoms with Crippen LogP contribution in [-0.2, 0) is 9.53 Å². The van der Waals surface area contributed by atoms with Crippen LogP contribution >= 0.6 is 0 Å². The van der Waals surface area contributed by atoms with Gasteiger partial charge in [0.05, 0.1) is 18.8 Å². The second kappa shape index (κ2) is 6.79. The monoisotopic (exact) mass is 203 g/mol. The van der Waals surface area contributed by atoms with Gasteiger partial charge in [-0.05, 0) is 12.8 Å². The zero-order chi connectivity index (χ0) is 11.0. The lowest BCUT2D eigenvalue weighted by atomic mass is 9.94. The summed E-state index contributed by atoms with van der Waals surface area (Å²) in [4.78, 5) is 11.4. The molecule has 0 radical (unpaired) electrons. The van der Waals surface area contributed by atoms with E-state index in [0.29, 0.717) is 13.0 Å². The summed E-state index contributed by atoms with van der Waals surface area (Å²) in [5, 5.41) is 12.1. The fraction of sp³-hybridized carbons (Fsp3) is 0.900. The molecule has 0 aromatic carbocycles. The van der Waals surface area contributed by atoms with E-state index in [4.69, 9.17) is 4.74 Å². The van der Waals surface area contributed by atoms with Crippen LogP contribution in [0.25, 0.3) is 0 Å². The third-order valence-electron chi connectivity index (χ3n) is 2.59. The first-order chi connectivity index (χ1) is 6.64. The average molecular weight is 203 g/mol. The Hall–Kier alpha value is -0.610. The number of carbonyl (C=O) groups is 1. The first kappa shape index (κ1) is 13.4. The molecule has 0 atom stereocenters. The molecule has 84 valence electrons. The Kier molecular flexibility index (Phi) is 6.49. The SMILES string of the molecule is CCC(CC)(CO)NC(=O)CCOC. The van der Waals surface area contributed by atoms with Gasteiger partial charge in [0, 0.05) is 13.5 Å². The molecule has 0 heterocycles. The van der Waals surface area contributed by atoms with E-state index in [1.165, 1.54) is 0 Å². The van der Waals surface area contributed by atoms with Gasteiger partial charge in [0.1, 0.15) is 0 Å². The Labute approximate surface area is 85.6 Å². The summed E-state index contributed by atoms with van der Waals surface area (Å²) in [5.41, 5.74) is -0.454. The summed E-state index contributed by atoms with van der Waals surface area (Å²) >= 11 is 0. The molecule has 0 saturated heterocycles. The van der Waals surface area contributed by atoms with Crippen LogP contribution in [0.5, 0.6) is 0 Å². The Morgan fingerprint density at radius 3 is 2.36 bits per heavy atom. The Bertz CT molecular complexity index is 158. The molecule has 0 spiro atoms. The van der Waals surface area contributed by atoms with Gasteiger partial charge in [-0.15, -0.1) is 0 Å². The van der Waals surface area contributed by atoms with Crippen LogP contribution in [0, 0.1) is 0 Å². The van der Waals surface area contributed by atoms with E-state index in [1.54, 1.807) is 7.11 Å². The average Bonchev–Trinajstić information content (AvgIpc) is 2.23. The number of aliphatic hydroxyl groups is 1. The lowest BCUT2D eigenvalue weighted by molar-refractivity contribution is -0.124. The molecule has 0 aromatic heterocycles. The third-order valence-corrected chi connectivity index (χ3v) is 2.59. The molecule has 0 aliphatic carbocycles. The second-order valence-corrected chi connectivity index (χ2v) is 3.44. The number of aliphatic hydroxyl groups excluding tert-OH is 1. The minimum Gasteiger partial charge on any atom is -0.394 e. The van der Waals surface area contributed by atoms with Crippen molar-refractivity contribution in [2.75, 3.05) is 20.3 Å². The van der Waals surface area contributed by atoms with Crippen molar-refractivity contribution < 1.29 is 14.6 Å². The molecule has 4 heteroatoms. The lowest BCUT2D eigenvalue weighted by Crippen LogP contribution is -2.50. The van der Waals surface area contributed by atoms with Crippen molar-refractivity contribution in [2.45, 2.75) is 38.6 Å². The van der Waals surface area contributed by atoms with Gasteiger partial charge < -0.3 is 15.2 Å². The van der Waals surface area contributed by atoms with Crippen molar-refractivity contribution in [1.82, 2.24) is 5.32 Å². The van der Waals surface area contributed by atoms with E-state index in [9.17, 15) is 9.90 Å². The van der Waals surface area contributed by atoms with Gasteiger partial charge in [0.25, 0.3) is 0 Å². The van der Waals surface area contributed by atoms with Crippen molar-refractivity contribution in [3.05, 3.63) is 0 Å². The normalized spacial score (nSPS) is 11.4. The van der Waals surface area contributed by atoms with Crippen molar-refractivity contribution in [3.8, 4) is 0 Å². The molecule has 4 nitrogen and oxygen atoms in total. The smallest absolute Gasteiger partial charge is 0.222 e. The highest BCUT2D eigenvalue weighted by Gasteiger charge is 2.26.